The van der Waals surface area contributed by atoms with Crippen LogP contribution in [0.1, 0.15) is 17.3 Å². The highest BCUT2D eigenvalue weighted by Gasteiger charge is 2.20. The number of carbonyl (C=O) groups excluding carboxylic acids is 1. The summed E-state index contributed by atoms with van der Waals surface area (Å²) in [6.07, 6.45) is 0. The third-order valence-corrected chi connectivity index (χ3v) is 5.45. The molecule has 2 rings (SSSR count). The summed E-state index contributed by atoms with van der Waals surface area (Å²) in [5.41, 5.74) is 0.737. The molecule has 0 aliphatic heterocycles. The van der Waals surface area contributed by atoms with Crippen LogP contribution in [0.4, 0.5) is 5.69 Å². The summed E-state index contributed by atoms with van der Waals surface area (Å²) in [4.78, 5) is 12.4. The molecule has 0 saturated carbocycles. The molecule has 0 aliphatic carbocycles. The first kappa shape index (κ1) is 15.7. The van der Waals surface area contributed by atoms with Gasteiger partial charge >= 0.3 is 0 Å². The highest BCUT2D eigenvalue weighted by Crippen LogP contribution is 2.23. The molecule has 0 aromatic heterocycles. The lowest BCUT2D eigenvalue weighted by Gasteiger charge is -2.11. The average Bonchev–Trinajstić information content (AvgIpc) is 2.49. The zero-order valence-corrected chi connectivity index (χ0v) is 13.7. The number of carbonyl (C=O) groups is 1. The third-order valence-electron chi connectivity index (χ3n) is 2.97. The van der Waals surface area contributed by atoms with E-state index in [-0.39, 0.29) is 16.2 Å². The number of rotatable bonds is 4. The molecular formula is C15H14BrNO3S. The number of hydrogen-bond acceptors (Lipinski definition) is 3. The molecule has 0 fully saturated rings. The Hall–Kier alpha value is -1.66. The maximum Gasteiger partial charge on any atom is 0.257 e. The molecule has 0 spiro atoms. The lowest BCUT2D eigenvalue weighted by atomic mass is 10.2. The second-order valence-corrected chi connectivity index (χ2v) is 7.43. The van der Waals surface area contributed by atoms with E-state index < -0.39 is 15.7 Å². The smallest absolute Gasteiger partial charge is 0.257 e. The third kappa shape index (κ3) is 3.51. The van der Waals surface area contributed by atoms with Crippen LogP contribution in [0, 0.1) is 0 Å². The fourth-order valence-electron chi connectivity index (χ4n) is 1.83. The van der Waals surface area contributed by atoms with Crippen LogP contribution in [0.25, 0.3) is 0 Å². The minimum Gasteiger partial charge on any atom is -0.321 e. The normalized spacial score (nSPS) is 11.1. The highest BCUT2D eigenvalue weighted by molar-refractivity contribution is 9.10. The van der Waals surface area contributed by atoms with Gasteiger partial charge in [0.2, 0.25) is 0 Å². The van der Waals surface area contributed by atoms with Gasteiger partial charge in [0.1, 0.15) is 0 Å². The van der Waals surface area contributed by atoms with Crippen molar-refractivity contribution < 1.29 is 13.2 Å². The van der Waals surface area contributed by atoms with Crippen molar-refractivity contribution in [3.63, 3.8) is 0 Å². The lowest BCUT2D eigenvalue weighted by molar-refractivity contribution is 0.102. The second-order valence-electron chi connectivity index (χ2n) is 4.33. The summed E-state index contributed by atoms with van der Waals surface area (Å²) in [7, 11) is -3.45. The van der Waals surface area contributed by atoms with E-state index in [1.807, 2.05) is 6.07 Å². The predicted molar refractivity (Wildman–Crippen MR) is 86.3 cm³/mol. The van der Waals surface area contributed by atoms with Crippen molar-refractivity contribution in [3.05, 3.63) is 58.6 Å². The Morgan fingerprint density at radius 1 is 1.10 bits per heavy atom. The minimum atomic E-state index is -3.45. The van der Waals surface area contributed by atoms with Gasteiger partial charge < -0.3 is 5.32 Å². The Labute approximate surface area is 132 Å². The van der Waals surface area contributed by atoms with Gasteiger partial charge in [-0.2, -0.15) is 0 Å². The Kier molecular flexibility index (Phi) is 4.80. The second kappa shape index (κ2) is 6.41. The van der Waals surface area contributed by atoms with E-state index in [1.54, 1.807) is 37.3 Å². The van der Waals surface area contributed by atoms with Crippen LogP contribution < -0.4 is 5.32 Å². The van der Waals surface area contributed by atoms with Gasteiger partial charge in [0.05, 0.1) is 21.9 Å². The molecule has 1 N–H and O–H groups in total. The van der Waals surface area contributed by atoms with Gasteiger partial charge in [-0.3, -0.25) is 4.79 Å². The van der Waals surface area contributed by atoms with Crippen molar-refractivity contribution in [3.8, 4) is 0 Å². The summed E-state index contributed by atoms with van der Waals surface area (Å²) >= 11 is 3.34. The first-order chi connectivity index (χ1) is 9.95. The van der Waals surface area contributed by atoms with Gasteiger partial charge in [-0.15, -0.1) is 0 Å². The largest absolute Gasteiger partial charge is 0.321 e. The Morgan fingerprint density at radius 2 is 1.71 bits per heavy atom. The number of anilines is 1. The molecule has 0 heterocycles. The summed E-state index contributed by atoms with van der Waals surface area (Å²) in [5.74, 6) is -0.499. The standard InChI is InChI=1S/C15H14BrNO3S/c1-2-21(19,20)14-10-6-3-7-11(14)15(18)17-13-9-5-4-8-12(13)16/h3-10H,2H2,1H3,(H,17,18). The number of benzene rings is 2. The average molecular weight is 368 g/mol. The maximum atomic E-state index is 12.4. The molecule has 1 amide bonds. The van der Waals surface area contributed by atoms with Crippen molar-refractivity contribution in [1.82, 2.24) is 0 Å². The van der Waals surface area contributed by atoms with E-state index >= 15 is 0 Å². The van der Waals surface area contributed by atoms with Crippen LogP contribution in [-0.2, 0) is 9.84 Å². The van der Waals surface area contributed by atoms with Gasteiger partial charge in [0.25, 0.3) is 5.91 Å². The van der Waals surface area contributed by atoms with Crippen LogP contribution in [0.5, 0.6) is 0 Å². The van der Waals surface area contributed by atoms with Gasteiger partial charge in [-0.05, 0) is 40.2 Å². The first-order valence-corrected chi connectivity index (χ1v) is 8.78. The molecule has 0 radical (unpaired) electrons. The number of sulfone groups is 1. The highest BCUT2D eigenvalue weighted by atomic mass is 79.9. The van der Waals surface area contributed by atoms with E-state index in [9.17, 15) is 13.2 Å². The van der Waals surface area contributed by atoms with Crippen LogP contribution >= 0.6 is 15.9 Å². The zero-order valence-electron chi connectivity index (χ0n) is 11.3. The van der Waals surface area contributed by atoms with E-state index in [0.717, 1.165) is 4.47 Å². The van der Waals surface area contributed by atoms with E-state index in [1.165, 1.54) is 12.1 Å². The Bertz CT molecular complexity index is 772. The zero-order chi connectivity index (χ0) is 15.5. The van der Waals surface area contributed by atoms with Crippen molar-refractivity contribution >= 4 is 37.4 Å². The molecule has 110 valence electrons. The van der Waals surface area contributed by atoms with Crippen LogP contribution in [0.15, 0.2) is 57.9 Å². The monoisotopic (exact) mass is 367 g/mol. The summed E-state index contributed by atoms with van der Waals surface area (Å²) in [6, 6.07) is 13.4. The SMILES string of the molecule is CCS(=O)(=O)c1ccccc1C(=O)Nc1ccccc1Br. The van der Waals surface area contributed by atoms with Crippen molar-refractivity contribution in [1.29, 1.82) is 0 Å². The molecule has 0 aliphatic rings. The number of halogens is 1. The fraction of sp³-hybridized carbons (Fsp3) is 0.133. The number of hydrogen-bond donors (Lipinski definition) is 1. The van der Waals surface area contributed by atoms with Crippen LogP contribution in [0.3, 0.4) is 0 Å². The number of nitrogens with one attached hydrogen (secondary N) is 1. The minimum absolute atomic E-state index is 0.0493. The topological polar surface area (TPSA) is 63.2 Å². The predicted octanol–water partition coefficient (Wildman–Crippen LogP) is 3.50. The van der Waals surface area contributed by atoms with Gasteiger partial charge in [-0.25, -0.2) is 8.42 Å². The summed E-state index contributed by atoms with van der Waals surface area (Å²) in [6.45, 7) is 1.55. The molecule has 4 nitrogen and oxygen atoms in total. The van der Waals surface area contributed by atoms with Crippen LogP contribution in [0.2, 0.25) is 0 Å². The van der Waals surface area contributed by atoms with E-state index in [2.05, 4.69) is 21.2 Å². The van der Waals surface area contributed by atoms with Crippen LogP contribution in [-0.4, -0.2) is 20.1 Å². The Balaban J connectivity index is 2.39. The van der Waals surface area contributed by atoms with E-state index in [0.29, 0.717) is 5.69 Å². The lowest BCUT2D eigenvalue weighted by Crippen LogP contribution is -2.17. The molecular weight excluding hydrogens is 354 g/mol. The van der Waals surface area contributed by atoms with Gasteiger partial charge in [-0.1, -0.05) is 31.2 Å². The molecule has 6 heteroatoms. The molecule has 0 unspecified atom stereocenters. The quantitative estimate of drug-likeness (QED) is 0.899. The van der Waals surface area contributed by atoms with Crippen molar-refractivity contribution in [2.45, 2.75) is 11.8 Å². The fourth-order valence-corrected chi connectivity index (χ4v) is 3.31. The maximum absolute atomic E-state index is 12.4. The summed E-state index contributed by atoms with van der Waals surface area (Å²) < 4.78 is 24.8. The summed E-state index contributed by atoms with van der Waals surface area (Å²) in [5, 5.41) is 2.71. The molecule has 21 heavy (non-hydrogen) atoms. The number of amides is 1. The first-order valence-electron chi connectivity index (χ1n) is 6.33. The van der Waals surface area contributed by atoms with Crippen molar-refractivity contribution in [2.75, 3.05) is 11.1 Å². The number of para-hydroxylation sites is 1. The van der Waals surface area contributed by atoms with Gasteiger partial charge in [0.15, 0.2) is 9.84 Å². The molecule has 0 bridgehead atoms. The molecule has 0 saturated heterocycles. The van der Waals surface area contributed by atoms with E-state index in [4.69, 9.17) is 0 Å². The van der Waals surface area contributed by atoms with Gasteiger partial charge in [0, 0.05) is 4.47 Å². The molecule has 2 aromatic carbocycles. The molecule has 2 aromatic rings. The molecule has 0 atom stereocenters. The Morgan fingerprint density at radius 3 is 2.38 bits per heavy atom. The van der Waals surface area contributed by atoms with Crippen molar-refractivity contribution in [2.24, 2.45) is 0 Å².